The maximum atomic E-state index is 12.7. The number of aromatic nitrogens is 2. The first-order chi connectivity index (χ1) is 12.0. The number of alkyl halides is 3. The minimum Gasteiger partial charge on any atom is -0.491 e. The second kappa shape index (κ2) is 7.64. The van der Waals surface area contributed by atoms with Crippen LogP contribution in [0.4, 0.5) is 13.2 Å². The SMILES string of the molecule is Cn1cc(C(F)(F)F)nc1-c1ccc(OCC(O)CCS(=O)(=O)O)cc1. The number of rotatable bonds is 7. The normalized spacial score (nSPS) is 13.6. The molecule has 0 bridgehead atoms. The first-order valence-electron chi connectivity index (χ1n) is 7.43. The van der Waals surface area contributed by atoms with Crippen LogP contribution in [-0.2, 0) is 23.3 Å². The van der Waals surface area contributed by atoms with E-state index in [9.17, 15) is 26.7 Å². The smallest absolute Gasteiger partial charge is 0.434 e. The number of imidazole rings is 1. The molecule has 0 aliphatic heterocycles. The largest absolute Gasteiger partial charge is 0.491 e. The Morgan fingerprint density at radius 3 is 2.38 bits per heavy atom. The molecule has 2 aromatic rings. The average Bonchev–Trinajstić information content (AvgIpc) is 2.93. The van der Waals surface area contributed by atoms with Crippen molar-refractivity contribution < 1.29 is 36.0 Å². The third-order valence-corrected chi connectivity index (χ3v) is 4.18. The molecule has 1 unspecified atom stereocenters. The van der Waals surface area contributed by atoms with E-state index in [4.69, 9.17) is 9.29 Å². The Balaban J connectivity index is 1.99. The van der Waals surface area contributed by atoms with Crippen LogP contribution >= 0.6 is 0 Å². The molecular formula is C15H17F3N2O5S. The molecule has 144 valence electrons. The molecule has 26 heavy (non-hydrogen) atoms. The van der Waals surface area contributed by atoms with Gasteiger partial charge in [-0.3, -0.25) is 4.55 Å². The lowest BCUT2D eigenvalue weighted by Gasteiger charge is -2.12. The van der Waals surface area contributed by atoms with Crippen molar-refractivity contribution in [3.05, 3.63) is 36.2 Å². The minimum absolute atomic E-state index is 0.136. The van der Waals surface area contributed by atoms with Crippen LogP contribution in [0.3, 0.4) is 0 Å². The van der Waals surface area contributed by atoms with Gasteiger partial charge in [0, 0.05) is 18.8 Å². The molecule has 0 saturated carbocycles. The van der Waals surface area contributed by atoms with Crippen molar-refractivity contribution >= 4 is 10.1 Å². The summed E-state index contributed by atoms with van der Waals surface area (Å²) in [6.07, 6.45) is -4.92. The third-order valence-electron chi connectivity index (χ3n) is 3.43. The average molecular weight is 394 g/mol. The maximum absolute atomic E-state index is 12.7. The molecule has 0 aliphatic rings. The molecule has 0 aliphatic carbocycles. The van der Waals surface area contributed by atoms with Crippen molar-refractivity contribution in [2.75, 3.05) is 12.4 Å². The van der Waals surface area contributed by atoms with Crippen molar-refractivity contribution in [2.45, 2.75) is 18.7 Å². The van der Waals surface area contributed by atoms with Crippen LogP contribution in [0.5, 0.6) is 5.75 Å². The van der Waals surface area contributed by atoms with Gasteiger partial charge in [0.15, 0.2) is 5.69 Å². The van der Waals surface area contributed by atoms with E-state index in [1.165, 1.54) is 35.9 Å². The monoisotopic (exact) mass is 394 g/mol. The first-order valence-corrected chi connectivity index (χ1v) is 9.03. The van der Waals surface area contributed by atoms with Crippen LogP contribution in [-0.4, -0.2) is 46.1 Å². The van der Waals surface area contributed by atoms with Crippen molar-refractivity contribution in [1.82, 2.24) is 9.55 Å². The van der Waals surface area contributed by atoms with Gasteiger partial charge in [-0.2, -0.15) is 21.6 Å². The van der Waals surface area contributed by atoms with Crippen LogP contribution in [0, 0.1) is 0 Å². The third kappa shape index (κ3) is 5.71. The van der Waals surface area contributed by atoms with Gasteiger partial charge < -0.3 is 14.4 Å². The predicted molar refractivity (Wildman–Crippen MR) is 86.2 cm³/mol. The van der Waals surface area contributed by atoms with Crippen molar-refractivity contribution in [3.8, 4) is 17.1 Å². The molecule has 0 spiro atoms. The van der Waals surface area contributed by atoms with Gasteiger partial charge in [-0.1, -0.05) is 0 Å². The number of halogens is 3. The lowest BCUT2D eigenvalue weighted by atomic mass is 10.2. The van der Waals surface area contributed by atoms with Crippen molar-refractivity contribution in [1.29, 1.82) is 0 Å². The summed E-state index contributed by atoms with van der Waals surface area (Å²) in [4.78, 5) is 3.58. The molecule has 1 atom stereocenters. The lowest BCUT2D eigenvalue weighted by molar-refractivity contribution is -0.140. The standard InChI is InChI=1S/C15H17F3N2O5S/c1-20-8-13(15(16,17)18)19-14(20)10-2-4-12(5-3-10)25-9-11(21)6-7-26(22,23)24/h2-5,8,11,21H,6-7,9H2,1H3,(H,22,23,24). The maximum Gasteiger partial charge on any atom is 0.434 e. The van der Waals surface area contributed by atoms with Crippen molar-refractivity contribution in [2.24, 2.45) is 7.05 Å². The molecule has 0 amide bonds. The molecule has 11 heteroatoms. The highest BCUT2D eigenvalue weighted by atomic mass is 32.2. The Bertz CT molecular complexity index is 847. The van der Waals surface area contributed by atoms with E-state index in [2.05, 4.69) is 4.98 Å². The van der Waals surface area contributed by atoms with E-state index in [-0.39, 0.29) is 18.9 Å². The molecule has 0 radical (unpaired) electrons. The van der Waals surface area contributed by atoms with Gasteiger partial charge in [0.05, 0.1) is 11.9 Å². The van der Waals surface area contributed by atoms with Crippen LogP contribution in [0.15, 0.2) is 30.5 Å². The van der Waals surface area contributed by atoms with E-state index >= 15 is 0 Å². The molecule has 0 fully saturated rings. The van der Waals surface area contributed by atoms with Crippen molar-refractivity contribution in [3.63, 3.8) is 0 Å². The Kier molecular flexibility index (Phi) is 5.94. The summed E-state index contributed by atoms with van der Waals surface area (Å²) in [5.74, 6) is -0.112. The fraction of sp³-hybridized carbons (Fsp3) is 0.400. The number of hydrogen-bond acceptors (Lipinski definition) is 5. The molecule has 1 aromatic carbocycles. The first kappa shape index (κ1) is 20.2. The Morgan fingerprint density at radius 1 is 1.27 bits per heavy atom. The summed E-state index contributed by atoms with van der Waals surface area (Å²) in [7, 11) is -2.70. The van der Waals surface area contributed by atoms with E-state index < -0.39 is 33.8 Å². The molecule has 2 rings (SSSR count). The Labute approximate surface area is 147 Å². The lowest BCUT2D eigenvalue weighted by Crippen LogP contribution is -2.21. The molecule has 2 N–H and O–H groups in total. The second-order valence-corrected chi connectivity index (χ2v) is 7.19. The molecule has 1 heterocycles. The zero-order valence-electron chi connectivity index (χ0n) is 13.6. The molecular weight excluding hydrogens is 377 g/mol. The number of ether oxygens (including phenoxy) is 1. The summed E-state index contributed by atoms with van der Waals surface area (Å²) in [5, 5.41) is 9.60. The minimum atomic E-state index is -4.53. The predicted octanol–water partition coefficient (Wildman–Crippen LogP) is 2.12. The number of hydrogen-bond donors (Lipinski definition) is 2. The van der Waals surface area contributed by atoms with E-state index in [1.807, 2.05) is 0 Å². The fourth-order valence-corrected chi connectivity index (χ4v) is 2.70. The van der Waals surface area contributed by atoms with Crippen LogP contribution in [0.25, 0.3) is 11.4 Å². The molecule has 0 saturated heterocycles. The topological polar surface area (TPSA) is 102 Å². The van der Waals surface area contributed by atoms with Gasteiger partial charge in [-0.05, 0) is 30.7 Å². The zero-order chi connectivity index (χ0) is 19.5. The zero-order valence-corrected chi connectivity index (χ0v) is 14.5. The van der Waals surface area contributed by atoms with Crippen LogP contribution < -0.4 is 4.74 Å². The highest BCUT2D eigenvalue weighted by Crippen LogP contribution is 2.31. The van der Waals surface area contributed by atoms with E-state index in [0.717, 1.165) is 6.20 Å². The van der Waals surface area contributed by atoms with Gasteiger partial charge >= 0.3 is 6.18 Å². The number of aliphatic hydroxyl groups is 1. The molecule has 7 nitrogen and oxygen atoms in total. The highest BCUT2D eigenvalue weighted by molar-refractivity contribution is 7.85. The van der Waals surface area contributed by atoms with E-state index in [0.29, 0.717) is 11.3 Å². The number of nitrogens with zero attached hydrogens (tertiary/aromatic N) is 2. The van der Waals surface area contributed by atoms with Gasteiger partial charge in [-0.15, -0.1) is 0 Å². The van der Waals surface area contributed by atoms with Crippen LogP contribution in [0.2, 0.25) is 0 Å². The van der Waals surface area contributed by atoms with Crippen LogP contribution in [0.1, 0.15) is 12.1 Å². The van der Waals surface area contributed by atoms with Gasteiger partial charge in [0.1, 0.15) is 18.2 Å². The quantitative estimate of drug-likeness (QED) is 0.698. The molecule has 1 aromatic heterocycles. The van der Waals surface area contributed by atoms with E-state index in [1.54, 1.807) is 0 Å². The summed E-state index contributed by atoms with van der Waals surface area (Å²) >= 11 is 0. The number of aliphatic hydroxyl groups excluding tert-OH is 1. The second-order valence-electron chi connectivity index (χ2n) is 5.62. The van der Waals surface area contributed by atoms with Gasteiger partial charge in [0.2, 0.25) is 0 Å². The summed E-state index contributed by atoms with van der Waals surface area (Å²) < 4.78 is 74.4. The number of benzene rings is 1. The number of aryl methyl sites for hydroxylation is 1. The Hall–Kier alpha value is -2.11. The van der Waals surface area contributed by atoms with Gasteiger partial charge in [0.25, 0.3) is 10.1 Å². The highest BCUT2D eigenvalue weighted by Gasteiger charge is 2.34. The summed E-state index contributed by atoms with van der Waals surface area (Å²) in [6, 6.07) is 6.02. The Morgan fingerprint density at radius 2 is 1.88 bits per heavy atom. The fourth-order valence-electron chi connectivity index (χ4n) is 2.13. The summed E-state index contributed by atoms with van der Waals surface area (Å²) in [5.41, 5.74) is -0.542. The summed E-state index contributed by atoms with van der Waals surface area (Å²) in [6.45, 7) is -0.199. The van der Waals surface area contributed by atoms with Gasteiger partial charge in [-0.25, -0.2) is 4.98 Å².